The highest BCUT2D eigenvalue weighted by molar-refractivity contribution is 7.99. The fraction of sp³-hybridized carbons (Fsp3) is 0.769. The Bertz CT molecular complexity index is 310. The Labute approximate surface area is 114 Å². The summed E-state index contributed by atoms with van der Waals surface area (Å²) in [6.45, 7) is 9.91. The van der Waals surface area contributed by atoms with Gasteiger partial charge in [0.25, 0.3) is 0 Å². The van der Waals surface area contributed by atoms with Crippen LogP contribution < -0.4 is 5.32 Å². The molecule has 1 aromatic rings. The summed E-state index contributed by atoms with van der Waals surface area (Å²) in [5.74, 6) is 1.18. The molecule has 0 aliphatic carbocycles. The lowest BCUT2D eigenvalue weighted by molar-refractivity contribution is 0.548. The smallest absolute Gasteiger partial charge is 0.0943 e. The van der Waals surface area contributed by atoms with Gasteiger partial charge in [0.05, 0.1) is 5.01 Å². The maximum absolute atomic E-state index is 4.55. The van der Waals surface area contributed by atoms with Gasteiger partial charge in [-0.05, 0) is 25.1 Å². The first-order valence-electron chi connectivity index (χ1n) is 6.37. The summed E-state index contributed by atoms with van der Waals surface area (Å²) in [5, 5.41) is 7.74. The first kappa shape index (κ1) is 15.0. The van der Waals surface area contributed by atoms with Crippen LogP contribution in [0, 0.1) is 6.92 Å². The van der Waals surface area contributed by atoms with Gasteiger partial charge in [0.1, 0.15) is 0 Å². The number of thiazole rings is 1. The first-order chi connectivity index (χ1) is 8.11. The molecular formula is C13H24N2S2. The van der Waals surface area contributed by atoms with Gasteiger partial charge >= 0.3 is 0 Å². The molecule has 98 valence electrons. The van der Waals surface area contributed by atoms with Crippen molar-refractivity contribution in [2.24, 2.45) is 0 Å². The van der Waals surface area contributed by atoms with Crippen LogP contribution in [-0.2, 0) is 6.42 Å². The molecule has 1 atom stereocenters. The lowest BCUT2D eigenvalue weighted by Gasteiger charge is -2.18. The molecule has 2 nitrogen and oxygen atoms in total. The van der Waals surface area contributed by atoms with E-state index in [0.717, 1.165) is 18.7 Å². The van der Waals surface area contributed by atoms with Crippen LogP contribution >= 0.6 is 23.1 Å². The number of thioether (sulfide) groups is 1. The van der Waals surface area contributed by atoms with E-state index < -0.39 is 0 Å². The first-order valence-corrected chi connectivity index (χ1v) is 8.30. The second-order valence-electron chi connectivity index (χ2n) is 4.62. The molecular weight excluding hydrogens is 248 g/mol. The van der Waals surface area contributed by atoms with Gasteiger partial charge in [0.2, 0.25) is 0 Å². The van der Waals surface area contributed by atoms with Crippen molar-refractivity contribution in [2.75, 3.05) is 12.3 Å². The number of hydrogen-bond acceptors (Lipinski definition) is 4. The zero-order valence-electron chi connectivity index (χ0n) is 11.3. The third-order valence-corrected chi connectivity index (χ3v) is 4.65. The van der Waals surface area contributed by atoms with E-state index in [-0.39, 0.29) is 0 Å². The van der Waals surface area contributed by atoms with Crippen LogP contribution in [0.15, 0.2) is 5.38 Å². The molecule has 0 amide bonds. The third kappa shape index (κ3) is 6.43. The lowest BCUT2D eigenvalue weighted by Crippen LogP contribution is -2.34. The molecule has 0 saturated carbocycles. The van der Waals surface area contributed by atoms with E-state index in [1.54, 1.807) is 11.3 Å². The van der Waals surface area contributed by atoms with Crippen molar-refractivity contribution in [1.29, 1.82) is 0 Å². The molecule has 0 aliphatic heterocycles. The second-order valence-corrected chi connectivity index (χ2v) is 7.17. The highest BCUT2D eigenvalue weighted by Crippen LogP contribution is 2.16. The van der Waals surface area contributed by atoms with E-state index in [1.807, 2.05) is 11.8 Å². The number of hydrogen-bond donors (Lipinski definition) is 1. The predicted octanol–water partition coefficient (Wildman–Crippen LogP) is 3.50. The molecule has 1 N–H and O–H groups in total. The summed E-state index contributed by atoms with van der Waals surface area (Å²) in [5.41, 5.74) is 1.15. The van der Waals surface area contributed by atoms with Gasteiger partial charge < -0.3 is 5.32 Å². The van der Waals surface area contributed by atoms with E-state index in [1.165, 1.54) is 17.2 Å². The molecule has 0 radical (unpaired) electrons. The molecule has 1 heterocycles. The van der Waals surface area contributed by atoms with Crippen molar-refractivity contribution in [3.8, 4) is 0 Å². The molecule has 1 unspecified atom stereocenters. The Morgan fingerprint density at radius 1 is 1.47 bits per heavy atom. The van der Waals surface area contributed by atoms with E-state index in [4.69, 9.17) is 0 Å². The molecule has 0 aromatic carbocycles. The van der Waals surface area contributed by atoms with Gasteiger partial charge in [-0.15, -0.1) is 11.3 Å². The maximum atomic E-state index is 4.55. The summed E-state index contributed by atoms with van der Waals surface area (Å²) in [6.07, 6.45) is 2.26. The Balaban J connectivity index is 2.44. The highest BCUT2D eigenvalue weighted by atomic mass is 32.2. The Morgan fingerprint density at radius 2 is 2.24 bits per heavy atom. The summed E-state index contributed by atoms with van der Waals surface area (Å²) >= 11 is 3.82. The quantitative estimate of drug-likeness (QED) is 0.784. The molecule has 0 saturated heterocycles. The molecule has 4 heteroatoms. The van der Waals surface area contributed by atoms with Crippen molar-refractivity contribution in [3.05, 3.63) is 16.1 Å². The lowest BCUT2D eigenvalue weighted by atomic mass is 10.2. The zero-order chi connectivity index (χ0) is 12.7. The predicted molar refractivity (Wildman–Crippen MR) is 80.2 cm³/mol. The second kappa shape index (κ2) is 8.11. The standard InChI is InChI=1S/C13H24N2S2/c1-5-6-14-12(9-16-10(2)3)7-13-15-11(4)8-17-13/h8,10,12,14H,5-7,9H2,1-4H3. The SMILES string of the molecule is CCCNC(CSC(C)C)Cc1nc(C)cs1. The van der Waals surface area contributed by atoms with Crippen molar-refractivity contribution >= 4 is 23.1 Å². The van der Waals surface area contributed by atoms with Crippen molar-refractivity contribution in [3.63, 3.8) is 0 Å². The molecule has 17 heavy (non-hydrogen) atoms. The summed E-state index contributed by atoms with van der Waals surface area (Å²) in [7, 11) is 0. The molecule has 0 spiro atoms. The number of rotatable bonds is 8. The van der Waals surface area contributed by atoms with Gasteiger partial charge in [-0.2, -0.15) is 11.8 Å². The van der Waals surface area contributed by atoms with Gasteiger partial charge in [0.15, 0.2) is 0 Å². The van der Waals surface area contributed by atoms with Crippen LogP contribution in [0.1, 0.15) is 37.9 Å². The molecule has 0 fully saturated rings. The summed E-state index contributed by atoms with van der Waals surface area (Å²) in [6, 6.07) is 0.563. The van der Waals surface area contributed by atoms with Crippen LogP contribution in [0.25, 0.3) is 0 Å². The van der Waals surface area contributed by atoms with Gasteiger partial charge in [-0.3, -0.25) is 0 Å². The van der Waals surface area contributed by atoms with E-state index in [0.29, 0.717) is 11.3 Å². The average molecular weight is 272 g/mol. The third-order valence-electron chi connectivity index (χ3n) is 2.40. The molecule has 0 aliphatic rings. The topological polar surface area (TPSA) is 24.9 Å². The maximum Gasteiger partial charge on any atom is 0.0943 e. The van der Waals surface area contributed by atoms with Gasteiger partial charge in [-0.1, -0.05) is 20.8 Å². The summed E-state index contributed by atoms with van der Waals surface area (Å²) in [4.78, 5) is 4.55. The minimum atomic E-state index is 0.563. The van der Waals surface area contributed by atoms with Gasteiger partial charge in [-0.25, -0.2) is 4.98 Å². The fourth-order valence-electron chi connectivity index (χ4n) is 1.55. The van der Waals surface area contributed by atoms with Gasteiger partial charge in [0, 0.05) is 29.3 Å². The Kier molecular flexibility index (Phi) is 7.16. The average Bonchev–Trinajstić information content (AvgIpc) is 2.68. The van der Waals surface area contributed by atoms with Crippen LogP contribution in [0.5, 0.6) is 0 Å². The monoisotopic (exact) mass is 272 g/mol. The van der Waals surface area contributed by atoms with E-state index in [2.05, 4.69) is 43.4 Å². The number of aromatic nitrogens is 1. The number of nitrogens with zero attached hydrogens (tertiary/aromatic N) is 1. The number of aryl methyl sites for hydroxylation is 1. The van der Waals surface area contributed by atoms with Crippen molar-refractivity contribution < 1.29 is 0 Å². The van der Waals surface area contributed by atoms with Crippen LogP contribution in [0.2, 0.25) is 0 Å². The Hall–Kier alpha value is -0.0600. The Morgan fingerprint density at radius 3 is 2.76 bits per heavy atom. The molecule has 1 rings (SSSR count). The fourth-order valence-corrected chi connectivity index (χ4v) is 3.26. The largest absolute Gasteiger partial charge is 0.313 e. The zero-order valence-corrected chi connectivity index (χ0v) is 13.0. The van der Waals surface area contributed by atoms with Crippen LogP contribution in [0.4, 0.5) is 0 Å². The normalized spacial score (nSPS) is 13.2. The van der Waals surface area contributed by atoms with Crippen molar-refractivity contribution in [1.82, 2.24) is 10.3 Å². The highest BCUT2D eigenvalue weighted by Gasteiger charge is 2.12. The minimum Gasteiger partial charge on any atom is -0.313 e. The van der Waals surface area contributed by atoms with Crippen molar-refractivity contribution in [2.45, 2.75) is 51.8 Å². The molecule has 0 bridgehead atoms. The van der Waals surface area contributed by atoms with Crippen LogP contribution in [0.3, 0.4) is 0 Å². The summed E-state index contributed by atoms with van der Waals surface area (Å²) < 4.78 is 0. The minimum absolute atomic E-state index is 0.563. The van der Waals surface area contributed by atoms with E-state index in [9.17, 15) is 0 Å². The number of nitrogens with one attached hydrogen (secondary N) is 1. The van der Waals surface area contributed by atoms with E-state index >= 15 is 0 Å². The molecule has 1 aromatic heterocycles. The van der Waals surface area contributed by atoms with Crippen LogP contribution in [-0.4, -0.2) is 28.6 Å².